The number of ether oxygens (including phenoxy) is 2. The van der Waals surface area contributed by atoms with Crippen molar-refractivity contribution in [2.75, 3.05) is 19.8 Å². The number of allylic oxidation sites excluding steroid dienone is 2. The lowest BCUT2D eigenvalue weighted by Gasteiger charge is -2.36. The zero-order valence-electron chi connectivity index (χ0n) is 25.3. The third-order valence-electron chi connectivity index (χ3n) is 7.64. The highest BCUT2D eigenvalue weighted by Crippen LogP contribution is 2.40. The largest absolute Gasteiger partial charge is 0.388 e. The quantitative estimate of drug-likeness (QED) is 0.0760. The molecule has 41 heavy (non-hydrogen) atoms. The fourth-order valence-electron chi connectivity index (χ4n) is 5.36. The van der Waals surface area contributed by atoms with Crippen LogP contribution in [0.2, 0.25) is 0 Å². The second-order valence-electron chi connectivity index (χ2n) is 11.0. The molecule has 0 aliphatic heterocycles. The summed E-state index contributed by atoms with van der Waals surface area (Å²) in [5, 5.41) is 10.8. The Hall–Kier alpha value is -2.72. The average molecular weight is 557 g/mol. The van der Waals surface area contributed by atoms with Crippen molar-refractivity contribution in [3.63, 3.8) is 0 Å². The third kappa shape index (κ3) is 11.6. The number of aliphatic hydroxyl groups is 1. The summed E-state index contributed by atoms with van der Waals surface area (Å²) in [7, 11) is 0. The Labute approximate surface area is 249 Å². The first-order valence-corrected chi connectivity index (χ1v) is 16.0. The fraction of sp³-hybridized carbons (Fsp3) is 0.474. The zero-order valence-corrected chi connectivity index (χ0v) is 25.3. The van der Waals surface area contributed by atoms with Gasteiger partial charge in [0.1, 0.15) is 11.7 Å². The zero-order chi connectivity index (χ0) is 28.9. The van der Waals surface area contributed by atoms with Crippen LogP contribution in [0.4, 0.5) is 0 Å². The van der Waals surface area contributed by atoms with E-state index >= 15 is 0 Å². The molecule has 1 unspecified atom stereocenters. The molecule has 0 saturated heterocycles. The number of hydrogen-bond acceptors (Lipinski definition) is 3. The van der Waals surface area contributed by atoms with E-state index in [4.69, 9.17) is 9.47 Å². The van der Waals surface area contributed by atoms with Crippen molar-refractivity contribution in [3.8, 4) is 0 Å². The Bertz CT molecular complexity index is 952. The van der Waals surface area contributed by atoms with Gasteiger partial charge in [0.05, 0.1) is 13.2 Å². The van der Waals surface area contributed by atoms with E-state index in [0.29, 0.717) is 6.61 Å². The Kier molecular flexibility index (Phi) is 16.2. The summed E-state index contributed by atoms with van der Waals surface area (Å²) in [5.74, 6) is 0. The molecule has 0 amide bonds. The van der Waals surface area contributed by atoms with Crippen LogP contribution < -0.4 is 0 Å². The molecule has 0 fully saturated rings. The molecule has 0 spiro atoms. The second-order valence-corrected chi connectivity index (χ2v) is 11.0. The summed E-state index contributed by atoms with van der Waals surface area (Å²) in [5.41, 5.74) is 2.27. The lowest BCUT2D eigenvalue weighted by atomic mass is 9.80. The van der Waals surface area contributed by atoms with E-state index in [0.717, 1.165) is 23.1 Å². The van der Waals surface area contributed by atoms with Crippen molar-refractivity contribution in [2.45, 2.75) is 95.7 Å². The highest BCUT2D eigenvalue weighted by Gasteiger charge is 2.38. The van der Waals surface area contributed by atoms with Crippen LogP contribution in [0.3, 0.4) is 0 Å². The lowest BCUT2D eigenvalue weighted by molar-refractivity contribution is -0.0641. The summed E-state index contributed by atoms with van der Waals surface area (Å²) in [6.45, 7) is 3.39. The van der Waals surface area contributed by atoms with E-state index in [1.807, 2.05) is 54.6 Å². The van der Waals surface area contributed by atoms with Crippen LogP contribution in [0, 0.1) is 0 Å². The minimum Gasteiger partial charge on any atom is -0.388 e. The highest BCUT2D eigenvalue weighted by atomic mass is 16.5. The number of rotatable bonds is 22. The normalized spacial score (nSPS) is 12.6. The van der Waals surface area contributed by atoms with Crippen LogP contribution in [0.25, 0.3) is 0 Å². The van der Waals surface area contributed by atoms with Crippen LogP contribution in [0.15, 0.2) is 103 Å². The van der Waals surface area contributed by atoms with Crippen LogP contribution in [0.1, 0.15) is 101 Å². The van der Waals surface area contributed by atoms with Crippen LogP contribution >= 0.6 is 0 Å². The number of aliphatic hydroxyl groups excluding tert-OH is 1. The predicted molar refractivity (Wildman–Crippen MR) is 172 cm³/mol. The summed E-state index contributed by atoms with van der Waals surface area (Å²) in [6, 6.07) is 30.8. The van der Waals surface area contributed by atoms with E-state index in [1.54, 1.807) is 0 Å². The minimum absolute atomic E-state index is 0.172. The third-order valence-corrected chi connectivity index (χ3v) is 7.64. The molecule has 3 nitrogen and oxygen atoms in total. The van der Waals surface area contributed by atoms with Gasteiger partial charge in [0.2, 0.25) is 0 Å². The van der Waals surface area contributed by atoms with Gasteiger partial charge in [-0.25, -0.2) is 0 Å². The van der Waals surface area contributed by atoms with Crippen LogP contribution in [-0.4, -0.2) is 31.0 Å². The van der Waals surface area contributed by atoms with Gasteiger partial charge >= 0.3 is 0 Å². The Morgan fingerprint density at radius 2 is 1.02 bits per heavy atom. The molecule has 0 radical (unpaired) electrons. The van der Waals surface area contributed by atoms with Crippen molar-refractivity contribution in [1.29, 1.82) is 0 Å². The predicted octanol–water partition coefficient (Wildman–Crippen LogP) is 9.63. The number of unbranched alkanes of at least 4 members (excludes halogenated alkanes) is 10. The van der Waals surface area contributed by atoms with Crippen molar-refractivity contribution < 1.29 is 14.6 Å². The molecular weight excluding hydrogens is 504 g/mol. The fourth-order valence-corrected chi connectivity index (χ4v) is 5.36. The smallest absolute Gasteiger partial charge is 0.143 e. The van der Waals surface area contributed by atoms with Gasteiger partial charge in [0.25, 0.3) is 0 Å². The van der Waals surface area contributed by atoms with Gasteiger partial charge in [-0.1, -0.05) is 155 Å². The Balaban J connectivity index is 1.38. The van der Waals surface area contributed by atoms with E-state index in [2.05, 4.69) is 55.5 Å². The van der Waals surface area contributed by atoms with Crippen molar-refractivity contribution in [3.05, 3.63) is 120 Å². The molecule has 0 bridgehead atoms. The van der Waals surface area contributed by atoms with E-state index in [9.17, 15) is 5.11 Å². The second kappa shape index (κ2) is 20.2. The van der Waals surface area contributed by atoms with E-state index in [1.165, 1.54) is 70.6 Å². The molecular formula is C38H52O3. The molecule has 0 aromatic heterocycles. The Morgan fingerprint density at radius 1 is 0.585 bits per heavy atom. The maximum Gasteiger partial charge on any atom is 0.143 e. The summed E-state index contributed by atoms with van der Waals surface area (Å²) >= 11 is 0. The van der Waals surface area contributed by atoms with Crippen molar-refractivity contribution in [2.24, 2.45) is 0 Å². The van der Waals surface area contributed by atoms with Gasteiger partial charge in [-0.15, -0.1) is 0 Å². The molecule has 0 aliphatic rings. The average Bonchev–Trinajstić information content (AvgIpc) is 3.03. The molecule has 222 valence electrons. The molecule has 3 aromatic carbocycles. The lowest BCUT2D eigenvalue weighted by Crippen LogP contribution is -2.36. The van der Waals surface area contributed by atoms with Gasteiger partial charge < -0.3 is 14.6 Å². The van der Waals surface area contributed by atoms with Gasteiger partial charge in [-0.2, -0.15) is 0 Å². The molecule has 0 aliphatic carbocycles. The van der Waals surface area contributed by atoms with Gasteiger partial charge in [0.15, 0.2) is 0 Å². The number of hydrogen-bond donors (Lipinski definition) is 1. The van der Waals surface area contributed by atoms with Crippen molar-refractivity contribution in [1.82, 2.24) is 0 Å². The van der Waals surface area contributed by atoms with Crippen molar-refractivity contribution >= 4 is 0 Å². The first kappa shape index (κ1) is 32.8. The molecule has 3 heteroatoms. The minimum atomic E-state index is -0.824. The Morgan fingerprint density at radius 3 is 1.51 bits per heavy atom. The molecule has 0 heterocycles. The van der Waals surface area contributed by atoms with E-state index in [-0.39, 0.29) is 13.2 Å². The SMILES string of the molecule is CCCCCC/C=C\CCCCCCCCOCC(O)COC(c1ccccc1)(c1ccccc1)c1ccccc1. The van der Waals surface area contributed by atoms with Gasteiger partial charge in [-0.05, 0) is 48.8 Å². The van der Waals surface area contributed by atoms with Gasteiger partial charge in [0, 0.05) is 6.61 Å². The standard InChI is InChI=1S/C38H52O3/c1-2-3-4-5-6-7-8-9-10-11-12-13-14-24-31-40-32-37(39)33-41-38(34-25-18-15-19-26-34,35-27-20-16-21-28-35)36-29-22-17-23-30-36/h7-8,15-23,25-30,37,39H,2-6,9-14,24,31-33H2,1H3/b8-7-. The monoisotopic (exact) mass is 556 g/mol. The topological polar surface area (TPSA) is 38.7 Å². The van der Waals surface area contributed by atoms with Gasteiger partial charge in [-0.3, -0.25) is 0 Å². The maximum atomic E-state index is 10.8. The summed E-state index contributed by atoms with van der Waals surface area (Å²) < 4.78 is 12.5. The first-order valence-electron chi connectivity index (χ1n) is 16.0. The maximum absolute atomic E-state index is 10.8. The summed E-state index contributed by atoms with van der Waals surface area (Å²) in [6.07, 6.45) is 19.3. The number of benzene rings is 3. The van der Waals surface area contributed by atoms with Crippen LogP contribution in [-0.2, 0) is 15.1 Å². The first-order chi connectivity index (χ1) is 20.3. The molecule has 3 aromatic rings. The molecule has 3 rings (SSSR count). The highest BCUT2D eigenvalue weighted by molar-refractivity contribution is 5.47. The molecule has 1 N–H and O–H groups in total. The van der Waals surface area contributed by atoms with Crippen LogP contribution in [0.5, 0.6) is 0 Å². The summed E-state index contributed by atoms with van der Waals surface area (Å²) in [4.78, 5) is 0. The molecule has 1 atom stereocenters. The van der Waals surface area contributed by atoms with E-state index < -0.39 is 11.7 Å². The molecule has 0 saturated carbocycles.